The summed E-state index contributed by atoms with van der Waals surface area (Å²) in [6.45, 7) is 10.9. The van der Waals surface area contributed by atoms with Crippen molar-refractivity contribution in [1.29, 1.82) is 0 Å². The van der Waals surface area contributed by atoms with Gasteiger partial charge in [-0.25, -0.2) is 0 Å². The van der Waals surface area contributed by atoms with Crippen molar-refractivity contribution in [2.75, 3.05) is 13.6 Å². The van der Waals surface area contributed by atoms with Gasteiger partial charge in [-0.15, -0.1) is 12.4 Å². The molecule has 1 aromatic rings. The number of amides is 1. The number of rotatable bonds is 5. The lowest BCUT2D eigenvalue weighted by Gasteiger charge is -2.22. The van der Waals surface area contributed by atoms with Gasteiger partial charge in [0.25, 0.3) is 5.91 Å². The third-order valence-electron chi connectivity index (χ3n) is 3.15. The van der Waals surface area contributed by atoms with Crippen molar-refractivity contribution in [3.05, 3.63) is 17.5 Å². The Bertz CT molecular complexity index is 437. The number of carbonyl (C=O) groups is 1. The van der Waals surface area contributed by atoms with Gasteiger partial charge in [-0.3, -0.25) is 9.48 Å². The normalized spacial score (nSPS) is 12.7. The Morgan fingerprint density at radius 1 is 1.45 bits per heavy atom. The lowest BCUT2D eigenvalue weighted by molar-refractivity contribution is 0.0949. The highest BCUT2D eigenvalue weighted by Crippen LogP contribution is 2.19. The molecule has 1 atom stereocenters. The van der Waals surface area contributed by atoms with Crippen LogP contribution in [0.3, 0.4) is 0 Å². The topological polar surface area (TPSA) is 59.0 Å². The second-order valence-corrected chi connectivity index (χ2v) is 5.84. The molecule has 6 heteroatoms. The molecule has 2 N–H and O–H groups in total. The van der Waals surface area contributed by atoms with E-state index in [4.69, 9.17) is 0 Å². The molecule has 1 amide bonds. The van der Waals surface area contributed by atoms with Crippen molar-refractivity contribution < 1.29 is 4.79 Å². The van der Waals surface area contributed by atoms with Crippen molar-refractivity contribution in [3.8, 4) is 0 Å². The van der Waals surface area contributed by atoms with Gasteiger partial charge in [-0.2, -0.15) is 5.10 Å². The van der Waals surface area contributed by atoms with Gasteiger partial charge < -0.3 is 10.6 Å². The Hall–Kier alpha value is -1.07. The molecule has 0 aliphatic rings. The van der Waals surface area contributed by atoms with E-state index in [0.29, 0.717) is 12.1 Å². The molecule has 0 saturated carbocycles. The minimum Gasteiger partial charge on any atom is -0.350 e. The van der Waals surface area contributed by atoms with Crippen LogP contribution >= 0.6 is 12.4 Å². The van der Waals surface area contributed by atoms with Gasteiger partial charge in [0.05, 0.1) is 23.0 Å². The largest absolute Gasteiger partial charge is 0.350 e. The van der Waals surface area contributed by atoms with Crippen molar-refractivity contribution in [3.63, 3.8) is 0 Å². The summed E-state index contributed by atoms with van der Waals surface area (Å²) in [6, 6.07) is 0.256. The first-order valence-corrected chi connectivity index (χ1v) is 6.84. The number of likely N-dealkylation sites (N-methyl/N-ethyl adjacent to an activating group) is 1. The third-order valence-corrected chi connectivity index (χ3v) is 3.15. The molecule has 1 rings (SSSR count). The molecule has 0 saturated heterocycles. The molecule has 0 fully saturated rings. The second-order valence-electron chi connectivity index (χ2n) is 5.84. The highest BCUT2D eigenvalue weighted by molar-refractivity contribution is 5.95. The van der Waals surface area contributed by atoms with Crippen LogP contribution in [0.4, 0.5) is 0 Å². The van der Waals surface area contributed by atoms with Gasteiger partial charge in [0.1, 0.15) is 0 Å². The van der Waals surface area contributed by atoms with E-state index in [1.807, 2.05) is 25.6 Å². The highest BCUT2D eigenvalue weighted by Gasteiger charge is 2.22. The van der Waals surface area contributed by atoms with Crippen LogP contribution in [0.5, 0.6) is 0 Å². The molecule has 5 nitrogen and oxygen atoms in total. The van der Waals surface area contributed by atoms with Gasteiger partial charge >= 0.3 is 0 Å². The lowest BCUT2D eigenvalue weighted by Crippen LogP contribution is -2.37. The van der Waals surface area contributed by atoms with E-state index in [2.05, 4.69) is 36.5 Å². The molecule has 0 spiro atoms. The van der Waals surface area contributed by atoms with Crippen LogP contribution < -0.4 is 10.6 Å². The van der Waals surface area contributed by atoms with Gasteiger partial charge in [0, 0.05) is 12.6 Å². The van der Waals surface area contributed by atoms with E-state index in [9.17, 15) is 4.79 Å². The fourth-order valence-corrected chi connectivity index (χ4v) is 1.92. The molecule has 1 heterocycles. The van der Waals surface area contributed by atoms with Crippen LogP contribution in [0.15, 0.2) is 6.20 Å². The van der Waals surface area contributed by atoms with E-state index in [1.165, 1.54) is 0 Å². The van der Waals surface area contributed by atoms with Crippen LogP contribution in [0.1, 0.15) is 50.7 Å². The molecule has 20 heavy (non-hydrogen) atoms. The molecule has 1 unspecified atom stereocenters. The summed E-state index contributed by atoms with van der Waals surface area (Å²) in [5.74, 6) is -0.0468. The second kappa shape index (κ2) is 7.64. The van der Waals surface area contributed by atoms with Crippen LogP contribution in [-0.2, 0) is 12.0 Å². The quantitative estimate of drug-likeness (QED) is 0.874. The predicted molar refractivity (Wildman–Crippen MR) is 84.7 cm³/mol. The summed E-state index contributed by atoms with van der Waals surface area (Å²) in [6.07, 6.45) is 2.46. The van der Waals surface area contributed by atoms with Crippen molar-refractivity contribution in [2.24, 2.45) is 0 Å². The zero-order valence-corrected chi connectivity index (χ0v) is 14.1. The number of nitrogens with zero attached hydrogens (tertiary/aromatic N) is 2. The number of hydrogen-bond acceptors (Lipinski definition) is 3. The smallest absolute Gasteiger partial charge is 0.254 e. The summed E-state index contributed by atoms with van der Waals surface area (Å²) >= 11 is 0. The van der Waals surface area contributed by atoms with E-state index in [-0.39, 0.29) is 29.9 Å². The first-order valence-electron chi connectivity index (χ1n) is 6.84. The molecule has 0 bridgehead atoms. The van der Waals surface area contributed by atoms with E-state index in [0.717, 1.165) is 12.1 Å². The summed E-state index contributed by atoms with van der Waals surface area (Å²) < 4.78 is 1.93. The highest BCUT2D eigenvalue weighted by atomic mass is 35.5. The van der Waals surface area contributed by atoms with Crippen molar-refractivity contribution in [1.82, 2.24) is 20.4 Å². The minimum absolute atomic E-state index is 0. The standard InChI is InChI=1S/C14H26N4O.ClH/c1-7-12-11(9-17-18(12)14(3,4)5)13(19)16-8-10(2)15-6;/h9-10,15H,7-8H2,1-6H3,(H,16,19);1H. The summed E-state index contributed by atoms with van der Waals surface area (Å²) in [5, 5.41) is 10.4. The molecular weight excluding hydrogens is 276 g/mol. The molecule has 0 aliphatic heterocycles. The zero-order valence-electron chi connectivity index (χ0n) is 13.3. The molecular formula is C14H27ClN4O. The molecule has 0 aliphatic carbocycles. The Morgan fingerprint density at radius 3 is 2.50 bits per heavy atom. The Balaban J connectivity index is 0.00000361. The maximum Gasteiger partial charge on any atom is 0.254 e. The van der Waals surface area contributed by atoms with Crippen LogP contribution in [0, 0.1) is 0 Å². The molecule has 0 aromatic carbocycles. The third kappa shape index (κ3) is 4.49. The number of nitrogens with one attached hydrogen (secondary N) is 2. The van der Waals surface area contributed by atoms with Crippen molar-refractivity contribution in [2.45, 2.75) is 52.6 Å². The number of hydrogen-bond donors (Lipinski definition) is 2. The van der Waals surface area contributed by atoms with Gasteiger partial charge in [0.15, 0.2) is 0 Å². The summed E-state index contributed by atoms with van der Waals surface area (Å²) in [4.78, 5) is 12.2. The maximum absolute atomic E-state index is 12.2. The van der Waals surface area contributed by atoms with Gasteiger partial charge in [0.2, 0.25) is 0 Å². The first-order chi connectivity index (χ1) is 8.81. The average Bonchev–Trinajstić information content (AvgIpc) is 2.78. The monoisotopic (exact) mass is 302 g/mol. The SMILES string of the molecule is CCc1c(C(=O)NCC(C)NC)cnn1C(C)(C)C.Cl. The van der Waals surface area contributed by atoms with Gasteiger partial charge in [-0.05, 0) is 41.2 Å². The Kier molecular flexibility index (Phi) is 7.23. The summed E-state index contributed by atoms with van der Waals surface area (Å²) in [7, 11) is 1.88. The van der Waals surface area contributed by atoms with Crippen LogP contribution in [0.2, 0.25) is 0 Å². The molecule has 116 valence electrons. The zero-order chi connectivity index (χ0) is 14.6. The fraction of sp³-hybridized carbons (Fsp3) is 0.714. The molecule has 1 aromatic heterocycles. The first kappa shape index (κ1) is 18.9. The van der Waals surface area contributed by atoms with Crippen LogP contribution in [-0.4, -0.2) is 35.3 Å². The fourth-order valence-electron chi connectivity index (χ4n) is 1.92. The number of halogens is 1. The van der Waals surface area contributed by atoms with E-state index < -0.39 is 0 Å². The maximum atomic E-state index is 12.2. The summed E-state index contributed by atoms with van der Waals surface area (Å²) in [5.41, 5.74) is 1.56. The van der Waals surface area contributed by atoms with E-state index >= 15 is 0 Å². The Morgan fingerprint density at radius 2 is 2.05 bits per heavy atom. The lowest BCUT2D eigenvalue weighted by atomic mass is 10.1. The molecule has 0 radical (unpaired) electrons. The number of aromatic nitrogens is 2. The van der Waals surface area contributed by atoms with Crippen molar-refractivity contribution >= 4 is 18.3 Å². The van der Waals surface area contributed by atoms with E-state index in [1.54, 1.807) is 6.20 Å². The minimum atomic E-state index is -0.109. The average molecular weight is 303 g/mol. The van der Waals surface area contributed by atoms with Gasteiger partial charge in [-0.1, -0.05) is 6.92 Å². The van der Waals surface area contributed by atoms with Crippen LogP contribution in [0.25, 0.3) is 0 Å². The Labute approximate surface area is 127 Å². The number of carbonyl (C=O) groups excluding carboxylic acids is 1. The predicted octanol–water partition coefficient (Wildman–Crippen LogP) is 1.96.